The molecule has 0 radical (unpaired) electrons. The highest BCUT2D eigenvalue weighted by atomic mass is 16.2. The van der Waals surface area contributed by atoms with E-state index < -0.39 is 0 Å². The van der Waals surface area contributed by atoms with Gasteiger partial charge in [-0.25, -0.2) is 0 Å². The molecule has 2 aromatic carbocycles. The molecule has 1 saturated heterocycles. The quantitative estimate of drug-likeness (QED) is 0.851. The summed E-state index contributed by atoms with van der Waals surface area (Å²) in [4.78, 5) is 27.1. The fourth-order valence-corrected chi connectivity index (χ4v) is 3.46. The van der Waals surface area contributed by atoms with Crippen molar-refractivity contribution < 1.29 is 9.59 Å². The second kappa shape index (κ2) is 8.82. The third kappa shape index (κ3) is 5.17. The van der Waals surface area contributed by atoms with Crippen LogP contribution in [0.15, 0.2) is 48.5 Å². The molecule has 5 heteroatoms. The Balaban J connectivity index is 1.54. The van der Waals surface area contributed by atoms with Gasteiger partial charge < -0.3 is 10.6 Å². The Hall–Kier alpha value is -2.66. The number of likely N-dealkylation sites (tertiary alicyclic amines) is 1. The zero-order valence-electron chi connectivity index (χ0n) is 16.0. The smallest absolute Gasteiger partial charge is 0.238 e. The van der Waals surface area contributed by atoms with Gasteiger partial charge in [0.25, 0.3) is 0 Å². The fourth-order valence-electron chi connectivity index (χ4n) is 3.46. The van der Waals surface area contributed by atoms with Crippen molar-refractivity contribution in [3.05, 3.63) is 59.7 Å². The Morgan fingerprint density at radius 1 is 1.04 bits per heavy atom. The van der Waals surface area contributed by atoms with Crippen LogP contribution in [0.2, 0.25) is 0 Å². The van der Waals surface area contributed by atoms with E-state index in [4.69, 9.17) is 0 Å². The van der Waals surface area contributed by atoms with Gasteiger partial charge in [-0.05, 0) is 62.6 Å². The second-order valence-electron chi connectivity index (χ2n) is 7.23. The van der Waals surface area contributed by atoms with Crippen molar-refractivity contribution in [1.82, 2.24) is 4.90 Å². The molecular formula is C22H27N3O2. The first kappa shape index (κ1) is 19.1. The molecule has 3 rings (SSSR count). The standard InChI is InChI=1S/C22H27N3O2/c1-16-8-6-12-20(17(16)2)24-21(26)15-25-13-7-9-18(14-25)22(27)23-19-10-4-3-5-11-19/h3-6,8,10-12,18H,7,9,13-15H2,1-2H3,(H,23,27)(H,24,26)/t18-/m0/s1. The van der Waals surface area contributed by atoms with Gasteiger partial charge in [0.05, 0.1) is 12.5 Å². The average Bonchev–Trinajstić information content (AvgIpc) is 2.66. The number of carbonyl (C=O) groups is 2. The van der Waals surface area contributed by atoms with Crippen LogP contribution in [0.25, 0.3) is 0 Å². The summed E-state index contributed by atoms with van der Waals surface area (Å²) in [5.74, 6) is -0.0962. The maximum atomic E-state index is 12.5. The molecule has 0 spiro atoms. The number of aryl methyl sites for hydroxylation is 1. The Morgan fingerprint density at radius 3 is 2.59 bits per heavy atom. The van der Waals surface area contributed by atoms with Crippen molar-refractivity contribution in [3.63, 3.8) is 0 Å². The van der Waals surface area contributed by atoms with Crippen molar-refractivity contribution in [1.29, 1.82) is 0 Å². The van der Waals surface area contributed by atoms with Gasteiger partial charge in [-0.15, -0.1) is 0 Å². The van der Waals surface area contributed by atoms with Gasteiger partial charge in [0.2, 0.25) is 11.8 Å². The van der Waals surface area contributed by atoms with Crippen LogP contribution >= 0.6 is 0 Å². The number of para-hydroxylation sites is 1. The normalized spacial score (nSPS) is 17.3. The summed E-state index contributed by atoms with van der Waals surface area (Å²) in [6, 6.07) is 15.4. The summed E-state index contributed by atoms with van der Waals surface area (Å²) in [5.41, 5.74) is 3.91. The van der Waals surface area contributed by atoms with Crippen LogP contribution in [0, 0.1) is 19.8 Å². The summed E-state index contributed by atoms with van der Waals surface area (Å²) < 4.78 is 0. The van der Waals surface area contributed by atoms with Crippen LogP contribution in [0.4, 0.5) is 11.4 Å². The summed E-state index contributed by atoms with van der Waals surface area (Å²) in [6.45, 7) is 5.80. The maximum absolute atomic E-state index is 12.5. The molecule has 142 valence electrons. The average molecular weight is 365 g/mol. The fraction of sp³-hybridized carbons (Fsp3) is 0.364. The molecule has 0 saturated carbocycles. The Morgan fingerprint density at radius 2 is 1.81 bits per heavy atom. The Bertz CT molecular complexity index is 804. The van der Waals surface area contributed by atoms with Crippen molar-refractivity contribution in [2.24, 2.45) is 5.92 Å². The van der Waals surface area contributed by atoms with Crippen molar-refractivity contribution in [2.75, 3.05) is 30.3 Å². The molecule has 27 heavy (non-hydrogen) atoms. The largest absolute Gasteiger partial charge is 0.326 e. The number of piperidine rings is 1. The lowest BCUT2D eigenvalue weighted by atomic mass is 9.97. The molecule has 0 unspecified atom stereocenters. The Kier molecular flexibility index (Phi) is 6.24. The van der Waals surface area contributed by atoms with Gasteiger partial charge in [0.1, 0.15) is 0 Å². The summed E-state index contributed by atoms with van der Waals surface area (Å²) in [5, 5.41) is 5.97. The minimum atomic E-state index is -0.0903. The number of anilines is 2. The van der Waals surface area contributed by atoms with Crippen LogP contribution in [0.3, 0.4) is 0 Å². The number of carbonyl (C=O) groups excluding carboxylic acids is 2. The maximum Gasteiger partial charge on any atom is 0.238 e. The molecule has 0 aromatic heterocycles. The van der Waals surface area contributed by atoms with E-state index in [9.17, 15) is 9.59 Å². The molecule has 1 aliphatic rings. The van der Waals surface area contributed by atoms with E-state index in [1.165, 1.54) is 0 Å². The van der Waals surface area contributed by atoms with Gasteiger partial charge in [0, 0.05) is 17.9 Å². The molecular weight excluding hydrogens is 338 g/mol. The molecule has 2 N–H and O–H groups in total. The number of hydrogen-bond acceptors (Lipinski definition) is 3. The molecule has 0 aliphatic carbocycles. The number of hydrogen-bond donors (Lipinski definition) is 2. The van der Waals surface area contributed by atoms with Gasteiger partial charge >= 0.3 is 0 Å². The predicted octanol–water partition coefficient (Wildman–Crippen LogP) is 3.59. The van der Waals surface area contributed by atoms with E-state index in [-0.39, 0.29) is 17.7 Å². The van der Waals surface area contributed by atoms with Crippen LogP contribution in [0.1, 0.15) is 24.0 Å². The van der Waals surface area contributed by atoms with Crippen LogP contribution in [-0.4, -0.2) is 36.3 Å². The minimum absolute atomic E-state index is 0.0286. The lowest BCUT2D eigenvalue weighted by Crippen LogP contribution is -2.44. The first-order chi connectivity index (χ1) is 13.0. The number of amides is 2. The molecule has 2 aromatic rings. The number of rotatable bonds is 5. The Labute approximate surface area is 160 Å². The summed E-state index contributed by atoms with van der Waals surface area (Å²) >= 11 is 0. The minimum Gasteiger partial charge on any atom is -0.326 e. The number of nitrogens with one attached hydrogen (secondary N) is 2. The molecule has 0 bridgehead atoms. The van der Waals surface area contributed by atoms with Crippen molar-refractivity contribution >= 4 is 23.2 Å². The van der Waals surface area contributed by atoms with Crippen LogP contribution < -0.4 is 10.6 Å². The predicted molar refractivity (Wildman–Crippen MR) is 109 cm³/mol. The van der Waals surface area contributed by atoms with E-state index in [1.807, 2.05) is 62.4 Å². The monoisotopic (exact) mass is 365 g/mol. The number of nitrogens with zero attached hydrogens (tertiary/aromatic N) is 1. The first-order valence-electron chi connectivity index (χ1n) is 9.47. The highest BCUT2D eigenvalue weighted by molar-refractivity contribution is 5.94. The first-order valence-corrected chi connectivity index (χ1v) is 9.47. The van der Waals surface area contributed by atoms with E-state index in [0.717, 1.165) is 41.9 Å². The van der Waals surface area contributed by atoms with Gasteiger partial charge in [-0.1, -0.05) is 30.3 Å². The SMILES string of the molecule is Cc1cccc(NC(=O)CN2CCC[C@H](C(=O)Nc3ccccc3)C2)c1C. The topological polar surface area (TPSA) is 61.4 Å². The zero-order valence-corrected chi connectivity index (χ0v) is 16.0. The van der Waals surface area contributed by atoms with Crippen molar-refractivity contribution in [3.8, 4) is 0 Å². The van der Waals surface area contributed by atoms with E-state index >= 15 is 0 Å². The second-order valence-corrected chi connectivity index (χ2v) is 7.23. The van der Waals surface area contributed by atoms with E-state index in [0.29, 0.717) is 13.1 Å². The molecule has 1 aliphatic heterocycles. The lowest BCUT2D eigenvalue weighted by Gasteiger charge is -2.31. The third-order valence-electron chi connectivity index (χ3n) is 5.16. The van der Waals surface area contributed by atoms with E-state index in [2.05, 4.69) is 15.5 Å². The summed E-state index contributed by atoms with van der Waals surface area (Å²) in [7, 11) is 0. The molecule has 5 nitrogen and oxygen atoms in total. The van der Waals surface area contributed by atoms with E-state index in [1.54, 1.807) is 0 Å². The highest BCUT2D eigenvalue weighted by Gasteiger charge is 2.27. The van der Waals surface area contributed by atoms with Gasteiger partial charge in [0.15, 0.2) is 0 Å². The van der Waals surface area contributed by atoms with Crippen LogP contribution in [-0.2, 0) is 9.59 Å². The lowest BCUT2D eigenvalue weighted by molar-refractivity contribution is -0.123. The molecule has 2 amide bonds. The molecule has 1 atom stereocenters. The highest BCUT2D eigenvalue weighted by Crippen LogP contribution is 2.20. The van der Waals surface area contributed by atoms with Gasteiger partial charge in [-0.2, -0.15) is 0 Å². The zero-order chi connectivity index (χ0) is 19.2. The summed E-state index contributed by atoms with van der Waals surface area (Å²) in [6.07, 6.45) is 1.78. The molecule has 1 heterocycles. The third-order valence-corrected chi connectivity index (χ3v) is 5.16. The molecule has 1 fully saturated rings. The van der Waals surface area contributed by atoms with Crippen LogP contribution in [0.5, 0.6) is 0 Å². The number of benzene rings is 2. The van der Waals surface area contributed by atoms with Crippen molar-refractivity contribution in [2.45, 2.75) is 26.7 Å². The van der Waals surface area contributed by atoms with Gasteiger partial charge in [-0.3, -0.25) is 14.5 Å².